The van der Waals surface area contributed by atoms with Crippen molar-refractivity contribution < 1.29 is 74.9 Å². The van der Waals surface area contributed by atoms with E-state index in [0.717, 1.165) is 25.7 Å². The highest BCUT2D eigenvalue weighted by Crippen LogP contribution is 2.76. The van der Waals surface area contributed by atoms with Crippen molar-refractivity contribution in [3.8, 4) is 0 Å². The average Bonchev–Trinajstić information content (AvgIpc) is 3.11. The quantitative estimate of drug-likeness (QED) is 0.134. The van der Waals surface area contributed by atoms with Crippen LogP contribution in [0.5, 0.6) is 0 Å². The van der Waals surface area contributed by atoms with E-state index in [1.54, 1.807) is 0 Å². The second kappa shape index (κ2) is 13.9. The molecule has 5 aliphatic carbocycles. The number of aliphatic hydroxyl groups is 8. The Morgan fingerprint density at radius 3 is 2.09 bits per heavy atom. The molecule has 2 aliphatic heterocycles. The van der Waals surface area contributed by atoms with E-state index in [9.17, 15) is 60.7 Å². The van der Waals surface area contributed by atoms with E-state index < -0.39 is 108 Å². The van der Waals surface area contributed by atoms with Gasteiger partial charge in [-0.1, -0.05) is 60.1 Å². The van der Waals surface area contributed by atoms with Crippen molar-refractivity contribution in [1.82, 2.24) is 0 Å². The lowest BCUT2D eigenvalue weighted by atomic mass is 9.33. The molecule has 6 fully saturated rings. The van der Waals surface area contributed by atoms with Crippen molar-refractivity contribution in [2.45, 2.75) is 179 Å². The molecule has 0 amide bonds. The van der Waals surface area contributed by atoms with E-state index in [1.807, 2.05) is 0 Å². The maximum Gasteiger partial charge on any atom is 0.336 e. The molecule has 15 nitrogen and oxygen atoms in total. The first-order valence-electron chi connectivity index (χ1n) is 20.8. The Kier molecular flexibility index (Phi) is 10.6. The molecular weight excluding hydrogens is 744 g/mol. The molecule has 19 unspecified atom stereocenters. The van der Waals surface area contributed by atoms with E-state index in [0.29, 0.717) is 32.1 Å². The highest BCUT2D eigenvalue weighted by atomic mass is 16.7. The zero-order valence-corrected chi connectivity index (χ0v) is 34.2. The lowest BCUT2D eigenvalue weighted by Crippen LogP contribution is -2.78. The van der Waals surface area contributed by atoms with Crippen LogP contribution >= 0.6 is 0 Å². The van der Waals surface area contributed by atoms with E-state index in [-0.39, 0.29) is 34.0 Å². The fraction of sp³-hybridized carbons (Fsp3) is 0.905. The van der Waals surface area contributed by atoms with Crippen LogP contribution in [0.4, 0.5) is 0 Å². The van der Waals surface area contributed by atoms with Gasteiger partial charge < -0.3 is 65.3 Å². The fourth-order valence-electron chi connectivity index (χ4n) is 14.2. The van der Waals surface area contributed by atoms with Gasteiger partial charge in [0, 0.05) is 0 Å². The van der Waals surface area contributed by atoms with Crippen LogP contribution in [0.15, 0.2) is 11.6 Å². The predicted octanol–water partition coefficient (Wildman–Crippen LogP) is 1.33. The van der Waals surface area contributed by atoms with Gasteiger partial charge in [0.15, 0.2) is 18.0 Å². The lowest BCUT2D eigenvalue weighted by molar-refractivity contribution is -0.376. The van der Waals surface area contributed by atoms with Crippen LogP contribution in [-0.2, 0) is 23.8 Å². The van der Waals surface area contributed by atoms with Crippen LogP contribution in [0.2, 0.25) is 0 Å². The third-order valence-corrected chi connectivity index (χ3v) is 17.7. The minimum atomic E-state index is -3.05. The van der Waals surface area contributed by atoms with Crippen LogP contribution in [0.1, 0.15) is 106 Å². The molecule has 0 aromatic rings. The number of carboxylic acids is 2. The summed E-state index contributed by atoms with van der Waals surface area (Å²) in [5, 5.41) is 109. The van der Waals surface area contributed by atoms with Crippen molar-refractivity contribution in [3.05, 3.63) is 11.6 Å². The summed E-state index contributed by atoms with van der Waals surface area (Å²) in [5.74, 6) is -2.69. The van der Waals surface area contributed by atoms with Crippen LogP contribution in [-0.4, -0.2) is 143 Å². The Hall–Kier alpha value is -1.76. The molecule has 0 radical (unpaired) electrons. The molecule has 19 atom stereocenters. The van der Waals surface area contributed by atoms with Gasteiger partial charge in [-0.25, -0.2) is 4.79 Å². The number of hydrogen-bond donors (Lipinski definition) is 10. The predicted molar refractivity (Wildman–Crippen MR) is 200 cm³/mol. The lowest BCUT2D eigenvalue weighted by Gasteiger charge is -2.71. The highest BCUT2D eigenvalue weighted by Gasteiger charge is 2.72. The smallest absolute Gasteiger partial charge is 0.336 e. The summed E-state index contributed by atoms with van der Waals surface area (Å²) < 4.78 is 17.6. The molecule has 0 aromatic heterocycles. The molecule has 2 saturated heterocycles. The summed E-state index contributed by atoms with van der Waals surface area (Å²) in [5.41, 5.74) is -4.60. The number of allylic oxidation sites excluding steroid dienone is 2. The van der Waals surface area contributed by atoms with Gasteiger partial charge in [-0.15, -0.1) is 0 Å². The number of ether oxygens (including phenoxy) is 3. The van der Waals surface area contributed by atoms with Crippen molar-refractivity contribution in [2.75, 3.05) is 6.61 Å². The van der Waals surface area contributed by atoms with Gasteiger partial charge in [0.05, 0.1) is 18.8 Å². The van der Waals surface area contributed by atoms with Gasteiger partial charge in [-0.05, 0) is 103 Å². The highest BCUT2D eigenvalue weighted by molar-refractivity contribution is 5.78. The number of aliphatic hydroxyl groups excluding tert-OH is 7. The SMILES string of the molecule is CC1(C)CCC2(C(=O)O)C(O)CC3(C)C(=CCC4C5(C)CCC(OC6OC(C(=O)O)C(O)(C7OC(CO)C(O)C(O)C7O)C(O)C6O)C(C)(C)C5CCC43C)C2C1. The normalized spacial score (nSPS) is 54.3. The van der Waals surface area contributed by atoms with Gasteiger partial charge in [-0.3, -0.25) is 4.79 Å². The Bertz CT molecular complexity index is 1630. The van der Waals surface area contributed by atoms with Crippen molar-refractivity contribution >= 4 is 11.9 Å². The van der Waals surface area contributed by atoms with Crippen LogP contribution in [0.25, 0.3) is 0 Å². The molecule has 0 aromatic carbocycles. The second-order valence-corrected chi connectivity index (χ2v) is 21.1. The van der Waals surface area contributed by atoms with Gasteiger partial charge in [0.1, 0.15) is 48.1 Å². The largest absolute Gasteiger partial charge is 0.481 e. The summed E-state index contributed by atoms with van der Waals surface area (Å²) in [4.78, 5) is 25.7. The number of fused-ring (bicyclic) bond motifs is 7. The molecule has 0 bridgehead atoms. The standard InChI is InChI=1S/C42H66O15/c1-36(2)14-15-41(35(52)53)20(16-36)19-8-9-23-38(5)12-11-25(37(3,4)22(38)10-13-39(23,6)40(19,7)17-24(41)44)56-34-29(48)30(49)42(54,32(57-34)33(50)51)31-28(47)27(46)26(45)21(18-43)55-31/h8,20-32,34,43-49,54H,9-18H2,1-7H3,(H,50,51)(H,52,53). The van der Waals surface area contributed by atoms with Crippen molar-refractivity contribution in [3.63, 3.8) is 0 Å². The Balaban J connectivity index is 1.15. The van der Waals surface area contributed by atoms with Gasteiger partial charge in [0.2, 0.25) is 0 Å². The van der Waals surface area contributed by atoms with Crippen molar-refractivity contribution in [2.24, 2.45) is 50.2 Å². The first kappa shape index (κ1) is 43.3. The zero-order chi connectivity index (χ0) is 42.2. The van der Waals surface area contributed by atoms with E-state index in [4.69, 9.17) is 14.2 Å². The third-order valence-electron chi connectivity index (χ3n) is 17.7. The average molecular weight is 811 g/mol. The van der Waals surface area contributed by atoms with E-state index in [1.165, 1.54) is 5.57 Å². The molecule has 2 heterocycles. The van der Waals surface area contributed by atoms with E-state index >= 15 is 0 Å². The molecule has 7 rings (SSSR count). The van der Waals surface area contributed by atoms with Crippen LogP contribution in [0, 0.1) is 50.2 Å². The fourth-order valence-corrected chi connectivity index (χ4v) is 14.2. The minimum Gasteiger partial charge on any atom is -0.481 e. The Morgan fingerprint density at radius 1 is 0.807 bits per heavy atom. The van der Waals surface area contributed by atoms with E-state index in [2.05, 4.69) is 54.5 Å². The first-order valence-corrected chi connectivity index (χ1v) is 20.8. The van der Waals surface area contributed by atoms with Gasteiger partial charge >= 0.3 is 11.9 Å². The minimum absolute atomic E-state index is 0.0546. The van der Waals surface area contributed by atoms with Gasteiger partial charge in [0.25, 0.3) is 0 Å². The van der Waals surface area contributed by atoms with Crippen molar-refractivity contribution in [1.29, 1.82) is 0 Å². The number of hydrogen-bond acceptors (Lipinski definition) is 13. The molecular formula is C42H66O15. The molecule has 15 heteroatoms. The summed E-state index contributed by atoms with van der Waals surface area (Å²) in [7, 11) is 0. The molecule has 0 spiro atoms. The number of carboxylic acid groups (broad SMARTS) is 2. The van der Waals surface area contributed by atoms with Crippen LogP contribution < -0.4 is 0 Å². The molecule has 4 saturated carbocycles. The van der Waals surface area contributed by atoms with Crippen LogP contribution in [0.3, 0.4) is 0 Å². The monoisotopic (exact) mass is 810 g/mol. The third kappa shape index (κ3) is 5.84. The summed E-state index contributed by atoms with van der Waals surface area (Å²) in [6, 6.07) is 0. The second-order valence-electron chi connectivity index (χ2n) is 21.1. The maximum absolute atomic E-state index is 13.1. The first-order chi connectivity index (χ1) is 26.3. The zero-order valence-electron chi connectivity index (χ0n) is 34.2. The number of carbonyl (C=O) groups is 2. The topological polar surface area (TPSA) is 264 Å². The molecule has 324 valence electrons. The molecule has 7 aliphatic rings. The number of rotatable bonds is 6. The molecule has 57 heavy (non-hydrogen) atoms. The number of aliphatic carboxylic acids is 2. The Morgan fingerprint density at radius 2 is 1.47 bits per heavy atom. The molecule has 10 N–H and O–H groups in total. The van der Waals surface area contributed by atoms with Gasteiger partial charge in [-0.2, -0.15) is 0 Å². The Labute approximate surface area is 334 Å². The summed E-state index contributed by atoms with van der Waals surface area (Å²) in [6.45, 7) is 14.6. The summed E-state index contributed by atoms with van der Waals surface area (Å²) >= 11 is 0. The maximum atomic E-state index is 13.1. The summed E-state index contributed by atoms with van der Waals surface area (Å²) in [6.07, 6.45) is -11.5.